The third kappa shape index (κ3) is 5.06. The van der Waals surface area contributed by atoms with Crippen molar-refractivity contribution >= 4 is 16.8 Å². The minimum atomic E-state index is -0.313. The number of rotatable bonds is 5. The van der Waals surface area contributed by atoms with Gasteiger partial charge in [-0.15, -0.1) is 0 Å². The molecule has 0 aliphatic carbocycles. The number of nitrogens with zero attached hydrogens (tertiary/aromatic N) is 2. The molecule has 0 spiro atoms. The van der Waals surface area contributed by atoms with Crippen molar-refractivity contribution in [3.8, 4) is 16.9 Å². The first-order valence-electron chi connectivity index (χ1n) is 10.3. The molecule has 8 heteroatoms. The van der Waals surface area contributed by atoms with Crippen LogP contribution in [0.25, 0.3) is 11.1 Å². The van der Waals surface area contributed by atoms with Crippen LogP contribution in [0.5, 0.6) is 5.75 Å². The zero-order valence-electron chi connectivity index (χ0n) is 18.8. The third-order valence-electron chi connectivity index (χ3n) is 5.79. The van der Waals surface area contributed by atoms with E-state index in [1.54, 1.807) is 18.5 Å². The molecule has 30 heavy (non-hydrogen) atoms. The highest BCUT2D eigenvalue weighted by molar-refractivity contribution is 8.14. The number of aromatic hydroxyl groups is 1. The molecule has 7 N–H and O–H groups in total. The van der Waals surface area contributed by atoms with Crippen molar-refractivity contribution in [1.29, 1.82) is 0 Å². The van der Waals surface area contributed by atoms with Gasteiger partial charge in [0.05, 0.1) is 11.8 Å². The maximum Gasteiger partial charge on any atom is 0.245 e. The van der Waals surface area contributed by atoms with Crippen molar-refractivity contribution in [2.24, 2.45) is 5.73 Å². The average Bonchev–Trinajstić information content (AvgIpc) is 3.12. The number of hydrogen-bond acceptors (Lipinski definition) is 6. The molecule has 0 radical (unpaired) electrons. The van der Waals surface area contributed by atoms with Gasteiger partial charge < -0.3 is 16.2 Å². The molecule has 1 unspecified atom stereocenters. The number of benzene rings is 1. The van der Waals surface area contributed by atoms with Gasteiger partial charge in [-0.3, -0.25) is 10.00 Å². The molecule has 164 valence electrons. The van der Waals surface area contributed by atoms with Crippen LogP contribution in [0.15, 0.2) is 24.5 Å². The monoisotopic (exact) mass is 431 g/mol. The largest absolute Gasteiger partial charge is 0.507 e. The number of phenols is 1. The second-order valence-corrected chi connectivity index (χ2v) is 10.8. The minimum Gasteiger partial charge on any atom is -0.507 e. The number of aryl methyl sites for hydroxylation is 1. The van der Waals surface area contributed by atoms with Crippen molar-refractivity contribution in [2.45, 2.75) is 70.1 Å². The summed E-state index contributed by atoms with van der Waals surface area (Å²) < 4.78 is 0. The maximum atomic E-state index is 10.7. The molecule has 1 fully saturated rings. The summed E-state index contributed by atoms with van der Waals surface area (Å²) in [7, 11) is 2.06. The number of aromatic nitrogens is 2. The molecule has 2 heterocycles. The van der Waals surface area contributed by atoms with Gasteiger partial charge in [0.2, 0.25) is 5.04 Å². The summed E-state index contributed by atoms with van der Waals surface area (Å²) in [5, 5.41) is 28.1. The zero-order valence-corrected chi connectivity index (χ0v) is 19.6. The fourth-order valence-electron chi connectivity index (χ4n) is 4.70. The van der Waals surface area contributed by atoms with Crippen molar-refractivity contribution in [1.82, 2.24) is 20.4 Å². The Hall–Kier alpha value is -1.87. The average molecular weight is 432 g/mol. The Morgan fingerprint density at radius 1 is 1.27 bits per heavy atom. The highest BCUT2D eigenvalue weighted by Gasteiger charge is 2.40. The Labute approximate surface area is 183 Å². The van der Waals surface area contributed by atoms with E-state index in [2.05, 4.69) is 55.2 Å². The molecular weight excluding hydrogens is 396 g/mol. The molecule has 0 amide bonds. The lowest BCUT2D eigenvalue weighted by molar-refractivity contribution is -0.107. The van der Waals surface area contributed by atoms with E-state index in [4.69, 9.17) is 11.1 Å². The lowest BCUT2D eigenvalue weighted by Gasteiger charge is -2.49. The van der Waals surface area contributed by atoms with E-state index < -0.39 is 0 Å². The van der Waals surface area contributed by atoms with Crippen LogP contribution in [0.4, 0.5) is 0 Å². The summed E-state index contributed by atoms with van der Waals surface area (Å²) in [4.78, 5) is 2.20. The van der Waals surface area contributed by atoms with E-state index in [-0.39, 0.29) is 22.3 Å². The van der Waals surface area contributed by atoms with Gasteiger partial charge in [0.25, 0.3) is 0 Å². The van der Waals surface area contributed by atoms with Crippen molar-refractivity contribution in [3.63, 3.8) is 0 Å². The van der Waals surface area contributed by atoms with Crippen molar-refractivity contribution < 1.29 is 10.5 Å². The Morgan fingerprint density at radius 2 is 1.90 bits per heavy atom. The van der Waals surface area contributed by atoms with Gasteiger partial charge in [0, 0.05) is 28.9 Å². The molecule has 7 nitrogen and oxygen atoms in total. The first-order chi connectivity index (χ1) is 13.9. The Bertz CT molecular complexity index is 869. The SMILES string of the molecule is Cc1cc(-c2cn[nH]c2)cc(O)c1C(=[NH2+])SC(N)N(C)C1CC(C)(C)NC(C)(C)C1. The summed E-state index contributed by atoms with van der Waals surface area (Å²) in [5.41, 5.74) is 9.66. The number of H-pyrrole nitrogens is 1. The Morgan fingerprint density at radius 3 is 2.43 bits per heavy atom. The van der Waals surface area contributed by atoms with E-state index in [0.29, 0.717) is 16.6 Å². The molecule has 1 aliphatic rings. The normalized spacial score (nSPS) is 19.7. The standard InChI is InChI=1S/C22H34N6OS/c1-13-7-14(15-11-25-26-12-15)8-17(29)18(13)19(23)30-20(24)28(6)16-9-21(2,3)27-22(4,5)10-16/h7-8,11-12,16,20,23,27,29H,9-10,24H2,1-6H3,(H,25,26)/p+1. The van der Waals surface area contributed by atoms with Crippen LogP contribution >= 0.6 is 11.8 Å². The van der Waals surface area contributed by atoms with Gasteiger partial charge in [-0.25, -0.2) is 5.41 Å². The van der Waals surface area contributed by atoms with E-state index in [1.165, 1.54) is 11.8 Å². The van der Waals surface area contributed by atoms with Crippen LogP contribution in [0.2, 0.25) is 0 Å². The number of aromatic amines is 1. The predicted octanol–water partition coefficient (Wildman–Crippen LogP) is 1.81. The molecule has 1 atom stereocenters. The maximum absolute atomic E-state index is 10.7. The van der Waals surface area contributed by atoms with Crippen LogP contribution in [-0.4, -0.2) is 54.9 Å². The molecular formula is C22H35N6OS+. The highest BCUT2D eigenvalue weighted by atomic mass is 32.2. The molecule has 1 aromatic carbocycles. The predicted molar refractivity (Wildman–Crippen MR) is 124 cm³/mol. The fourth-order valence-corrected chi connectivity index (χ4v) is 5.68. The van der Waals surface area contributed by atoms with Crippen molar-refractivity contribution in [3.05, 3.63) is 35.7 Å². The lowest BCUT2D eigenvalue weighted by Crippen LogP contribution is -2.63. The number of piperidine rings is 1. The molecule has 1 aliphatic heterocycles. The quantitative estimate of drug-likeness (QED) is 0.280. The second-order valence-electron chi connectivity index (χ2n) is 9.67. The number of phenolic OH excluding ortho intramolecular Hbond substituents is 1. The first-order valence-corrected chi connectivity index (χ1v) is 11.2. The van der Waals surface area contributed by atoms with Gasteiger partial charge in [-0.2, -0.15) is 5.10 Å². The highest BCUT2D eigenvalue weighted by Crippen LogP contribution is 2.35. The molecule has 2 aromatic rings. The molecule has 0 saturated carbocycles. The van der Waals surface area contributed by atoms with Gasteiger partial charge in [-0.05, 0) is 83.5 Å². The van der Waals surface area contributed by atoms with E-state index in [0.717, 1.165) is 29.5 Å². The summed E-state index contributed by atoms with van der Waals surface area (Å²) in [5.74, 6) is 0.148. The van der Waals surface area contributed by atoms with E-state index >= 15 is 0 Å². The number of nitrogens with one attached hydrogen (secondary N) is 2. The zero-order chi connectivity index (χ0) is 22.3. The summed E-state index contributed by atoms with van der Waals surface area (Å²) in [6, 6.07) is 4.05. The fraction of sp³-hybridized carbons (Fsp3) is 0.545. The van der Waals surface area contributed by atoms with Gasteiger partial charge in [0.15, 0.2) is 0 Å². The van der Waals surface area contributed by atoms with Crippen LogP contribution < -0.4 is 16.5 Å². The summed E-state index contributed by atoms with van der Waals surface area (Å²) in [6.07, 6.45) is 5.53. The summed E-state index contributed by atoms with van der Waals surface area (Å²) >= 11 is 1.39. The molecule has 1 saturated heterocycles. The van der Waals surface area contributed by atoms with Crippen LogP contribution in [-0.2, 0) is 0 Å². The molecule has 0 bridgehead atoms. The van der Waals surface area contributed by atoms with Crippen molar-refractivity contribution in [2.75, 3.05) is 7.05 Å². The van der Waals surface area contributed by atoms with Gasteiger partial charge in [-0.1, -0.05) is 6.07 Å². The number of nitrogens with two attached hydrogens (primary N) is 2. The van der Waals surface area contributed by atoms with Gasteiger partial charge in [0.1, 0.15) is 11.2 Å². The molecule has 1 aromatic heterocycles. The Balaban J connectivity index is 1.74. The van der Waals surface area contributed by atoms with Crippen LogP contribution in [0.1, 0.15) is 51.7 Å². The topological polar surface area (TPSA) is 116 Å². The second kappa shape index (κ2) is 8.34. The van der Waals surface area contributed by atoms with E-state index in [1.807, 2.05) is 13.0 Å². The van der Waals surface area contributed by atoms with Crippen LogP contribution in [0.3, 0.4) is 0 Å². The number of thioether (sulfide) groups is 1. The minimum absolute atomic E-state index is 0.0398. The van der Waals surface area contributed by atoms with E-state index in [9.17, 15) is 5.11 Å². The summed E-state index contributed by atoms with van der Waals surface area (Å²) in [6.45, 7) is 10.9. The van der Waals surface area contributed by atoms with Crippen LogP contribution in [0, 0.1) is 6.92 Å². The first kappa shape index (κ1) is 22.8. The smallest absolute Gasteiger partial charge is 0.245 e. The lowest BCUT2D eigenvalue weighted by atomic mass is 9.79. The molecule has 3 rings (SSSR count). The Kier molecular flexibility index (Phi) is 6.34. The number of hydrogen-bond donors (Lipinski definition) is 5. The van der Waals surface area contributed by atoms with Gasteiger partial charge >= 0.3 is 0 Å². The third-order valence-corrected chi connectivity index (χ3v) is 6.82.